The second-order valence-electron chi connectivity index (χ2n) is 13.5. The smallest absolute Gasteiger partial charge is 0.416 e. The molecule has 0 aliphatic carbocycles. The molecule has 0 spiro atoms. The van der Waals surface area contributed by atoms with E-state index in [-0.39, 0.29) is 60.9 Å². The second-order valence-corrected chi connectivity index (χ2v) is 14.3. The van der Waals surface area contributed by atoms with E-state index in [9.17, 15) is 27.9 Å². The lowest BCUT2D eigenvalue weighted by molar-refractivity contribution is -0.137. The molecule has 3 unspecified atom stereocenters. The van der Waals surface area contributed by atoms with Crippen LogP contribution in [-0.4, -0.2) is 77.6 Å². The van der Waals surface area contributed by atoms with Crippen molar-refractivity contribution in [3.63, 3.8) is 0 Å². The van der Waals surface area contributed by atoms with E-state index in [0.29, 0.717) is 48.3 Å². The number of aliphatic hydroxyl groups is 1. The quantitative estimate of drug-likeness (QED) is 0.176. The highest BCUT2D eigenvalue weighted by Gasteiger charge is 2.45. The highest BCUT2D eigenvalue weighted by Crippen LogP contribution is 2.46. The van der Waals surface area contributed by atoms with E-state index in [0.717, 1.165) is 23.3 Å². The van der Waals surface area contributed by atoms with Gasteiger partial charge in [0, 0.05) is 29.2 Å². The Morgan fingerprint density at radius 2 is 1.60 bits per heavy atom. The lowest BCUT2D eigenvalue weighted by atomic mass is 9.93. The van der Waals surface area contributed by atoms with Crippen molar-refractivity contribution in [2.45, 2.75) is 70.4 Å². The molecular formula is C38H44Cl2F3N5O4. The number of amides is 3. The summed E-state index contributed by atoms with van der Waals surface area (Å²) in [7, 11) is 0. The summed E-state index contributed by atoms with van der Waals surface area (Å²) < 4.78 is 47.2. The number of likely N-dealkylation sites (tertiary alicyclic amines) is 1. The summed E-state index contributed by atoms with van der Waals surface area (Å²) in [4.78, 5) is 35.7. The number of nitrogens with one attached hydrogen (secondary N) is 2. The first kappa shape index (κ1) is 39.4. The van der Waals surface area contributed by atoms with Crippen LogP contribution in [0.2, 0.25) is 10.0 Å². The molecule has 3 atom stereocenters. The molecule has 2 aliphatic rings. The number of aliphatic imine (C=N–C) groups is 1. The summed E-state index contributed by atoms with van der Waals surface area (Å²) in [5, 5.41) is 16.8. The monoisotopic (exact) mass is 761 g/mol. The Morgan fingerprint density at radius 1 is 0.981 bits per heavy atom. The Balaban J connectivity index is 1.46. The Hall–Kier alpha value is -3.84. The predicted molar refractivity (Wildman–Crippen MR) is 196 cm³/mol. The van der Waals surface area contributed by atoms with Crippen molar-refractivity contribution in [2.24, 2.45) is 10.9 Å². The number of carbonyl (C=O) groups is 2. The number of benzene rings is 3. The number of aliphatic hydroxyl groups excluding tert-OH is 1. The van der Waals surface area contributed by atoms with Crippen molar-refractivity contribution in [1.82, 2.24) is 20.4 Å². The van der Waals surface area contributed by atoms with E-state index < -0.39 is 23.8 Å². The first-order valence-electron chi connectivity index (χ1n) is 17.4. The van der Waals surface area contributed by atoms with Crippen LogP contribution < -0.4 is 15.4 Å². The number of nitrogens with zero attached hydrogens (tertiary/aromatic N) is 3. The molecule has 9 nitrogen and oxygen atoms in total. The molecule has 3 aromatic rings. The van der Waals surface area contributed by atoms with Crippen LogP contribution in [0.4, 0.5) is 18.0 Å². The fraction of sp³-hybridized carbons (Fsp3) is 0.447. The average molecular weight is 763 g/mol. The van der Waals surface area contributed by atoms with E-state index in [2.05, 4.69) is 10.6 Å². The van der Waals surface area contributed by atoms with Crippen LogP contribution in [0.25, 0.3) is 0 Å². The zero-order chi connectivity index (χ0) is 37.6. The first-order chi connectivity index (χ1) is 24.8. The van der Waals surface area contributed by atoms with Crippen LogP contribution in [0.15, 0.2) is 71.7 Å². The van der Waals surface area contributed by atoms with Gasteiger partial charge >= 0.3 is 12.2 Å². The summed E-state index contributed by atoms with van der Waals surface area (Å²) in [6.45, 7) is 6.47. The highest BCUT2D eigenvalue weighted by molar-refractivity contribution is 6.30. The lowest BCUT2D eigenvalue weighted by Crippen LogP contribution is -2.52. The minimum atomic E-state index is -4.61. The maximum absolute atomic E-state index is 14.8. The van der Waals surface area contributed by atoms with Gasteiger partial charge in [0.05, 0.1) is 43.0 Å². The molecule has 0 saturated carbocycles. The lowest BCUT2D eigenvalue weighted by Gasteiger charge is -2.38. The minimum absolute atomic E-state index is 0.0347. The molecule has 5 rings (SSSR count). The molecule has 3 aromatic carbocycles. The van der Waals surface area contributed by atoms with Crippen LogP contribution in [0.1, 0.15) is 74.4 Å². The number of carbonyl (C=O) groups excluding carboxylic acids is 2. The number of hydrogen-bond acceptors (Lipinski definition) is 6. The number of ether oxygens (including phenoxy) is 1. The van der Waals surface area contributed by atoms with E-state index in [1.165, 1.54) is 6.07 Å². The molecule has 0 radical (unpaired) electrons. The molecule has 3 amide bonds. The van der Waals surface area contributed by atoms with Crippen molar-refractivity contribution in [3.8, 4) is 5.75 Å². The van der Waals surface area contributed by atoms with Crippen LogP contribution in [0, 0.1) is 5.92 Å². The van der Waals surface area contributed by atoms with E-state index in [1.54, 1.807) is 41.0 Å². The van der Waals surface area contributed by atoms with Gasteiger partial charge in [-0.3, -0.25) is 14.7 Å². The number of alkyl halides is 3. The van der Waals surface area contributed by atoms with Crippen LogP contribution >= 0.6 is 23.2 Å². The van der Waals surface area contributed by atoms with Crippen molar-refractivity contribution >= 4 is 41.0 Å². The fourth-order valence-electron chi connectivity index (χ4n) is 6.70. The Bertz CT molecular complexity index is 1710. The molecular weight excluding hydrogens is 718 g/mol. The van der Waals surface area contributed by atoms with Gasteiger partial charge in [-0.05, 0) is 85.7 Å². The number of amidine groups is 1. The molecule has 2 heterocycles. The molecule has 14 heteroatoms. The van der Waals surface area contributed by atoms with Gasteiger partial charge in [-0.25, -0.2) is 4.79 Å². The van der Waals surface area contributed by atoms with Crippen LogP contribution in [0.3, 0.4) is 0 Å². The normalized spacial score (nSPS) is 18.8. The van der Waals surface area contributed by atoms with Gasteiger partial charge in [0.2, 0.25) is 5.91 Å². The molecule has 2 aliphatic heterocycles. The maximum Gasteiger partial charge on any atom is 0.416 e. The molecule has 1 saturated heterocycles. The standard InChI is InChI=1S/C38H44Cl2F3N5O4/c1-4-52-32-20-26(38(41,42)43)9-14-31(32)36-46-34(24-5-10-27(39)11-6-24)35(25-7-12-28(40)13-8-25)48(36)37(51)47-17-15-29(16-18-47)44-21-33(50)45-30(22-49)19-23(2)3/h5-14,20,23,29-30,34-35,44,49H,4,15-19,21-22H2,1-3H3,(H,45,50). The Labute approximate surface area is 312 Å². The summed E-state index contributed by atoms with van der Waals surface area (Å²) in [5.74, 6) is 0.244. The van der Waals surface area contributed by atoms with Crippen LogP contribution in [-0.2, 0) is 11.0 Å². The summed E-state index contributed by atoms with van der Waals surface area (Å²) >= 11 is 12.5. The van der Waals surface area contributed by atoms with Crippen molar-refractivity contribution in [2.75, 3.05) is 32.8 Å². The average Bonchev–Trinajstić information content (AvgIpc) is 3.51. The third-order valence-electron chi connectivity index (χ3n) is 9.20. The number of halogens is 5. The van der Waals surface area contributed by atoms with Crippen molar-refractivity contribution in [3.05, 3.63) is 99.0 Å². The molecule has 280 valence electrons. The molecule has 0 bridgehead atoms. The fourth-order valence-corrected chi connectivity index (χ4v) is 6.96. The maximum atomic E-state index is 14.8. The van der Waals surface area contributed by atoms with Gasteiger partial charge in [-0.15, -0.1) is 0 Å². The SMILES string of the molecule is CCOc1cc(C(F)(F)F)ccc1C1=NC(c2ccc(Cl)cc2)C(c2ccc(Cl)cc2)N1C(=O)N1CCC(NCC(=O)NC(CO)CC(C)C)CC1. The predicted octanol–water partition coefficient (Wildman–Crippen LogP) is 7.65. The van der Waals surface area contributed by atoms with E-state index >= 15 is 0 Å². The van der Waals surface area contributed by atoms with Crippen molar-refractivity contribution in [1.29, 1.82) is 0 Å². The summed E-state index contributed by atoms with van der Waals surface area (Å²) in [5.41, 5.74) is 0.845. The number of piperidine rings is 1. The van der Waals surface area contributed by atoms with Crippen molar-refractivity contribution < 1.29 is 32.6 Å². The van der Waals surface area contributed by atoms with Gasteiger partial charge in [-0.2, -0.15) is 13.2 Å². The second kappa shape index (κ2) is 17.3. The first-order valence-corrected chi connectivity index (χ1v) is 18.2. The molecule has 1 fully saturated rings. The zero-order valence-electron chi connectivity index (χ0n) is 29.3. The molecule has 0 aromatic heterocycles. The third kappa shape index (κ3) is 9.57. The Morgan fingerprint density at radius 3 is 2.15 bits per heavy atom. The van der Waals surface area contributed by atoms with Crippen LogP contribution in [0.5, 0.6) is 5.75 Å². The largest absolute Gasteiger partial charge is 0.493 e. The van der Waals surface area contributed by atoms with Gasteiger partial charge < -0.3 is 25.4 Å². The van der Waals surface area contributed by atoms with E-state index in [1.807, 2.05) is 38.1 Å². The summed E-state index contributed by atoms with van der Waals surface area (Å²) in [6, 6.07) is 15.3. The topological polar surface area (TPSA) is 107 Å². The summed E-state index contributed by atoms with van der Waals surface area (Å²) in [6.07, 6.45) is -2.82. The van der Waals surface area contributed by atoms with Gasteiger partial charge in [0.25, 0.3) is 0 Å². The van der Waals surface area contributed by atoms with E-state index in [4.69, 9.17) is 32.9 Å². The minimum Gasteiger partial charge on any atom is -0.493 e. The third-order valence-corrected chi connectivity index (χ3v) is 9.71. The van der Waals surface area contributed by atoms with Gasteiger partial charge in [-0.1, -0.05) is 61.3 Å². The Kier molecular flexibility index (Phi) is 13.1. The highest BCUT2D eigenvalue weighted by atomic mass is 35.5. The van der Waals surface area contributed by atoms with Gasteiger partial charge in [0.1, 0.15) is 17.6 Å². The van der Waals surface area contributed by atoms with Gasteiger partial charge in [0.15, 0.2) is 0 Å². The zero-order valence-corrected chi connectivity index (χ0v) is 30.8. The molecule has 52 heavy (non-hydrogen) atoms. The molecule has 3 N–H and O–H groups in total. The number of hydrogen-bond donors (Lipinski definition) is 3. The number of rotatable bonds is 12. The number of urea groups is 1.